The molecule has 0 aliphatic carbocycles. The Morgan fingerprint density at radius 3 is 2.62 bits per heavy atom. The zero-order valence-corrected chi connectivity index (χ0v) is 9.82. The predicted molar refractivity (Wildman–Crippen MR) is 67.5 cm³/mol. The molecule has 3 nitrogen and oxygen atoms in total. The van der Waals surface area contributed by atoms with Crippen molar-refractivity contribution < 1.29 is 4.42 Å². The second-order valence-electron chi connectivity index (χ2n) is 3.74. The second-order valence-corrected chi connectivity index (χ2v) is 3.74. The molecule has 16 heavy (non-hydrogen) atoms. The van der Waals surface area contributed by atoms with Crippen LogP contribution in [0.5, 0.6) is 0 Å². The highest BCUT2D eigenvalue weighted by molar-refractivity contribution is 5.63. The van der Waals surface area contributed by atoms with E-state index in [9.17, 15) is 0 Å². The average molecular weight is 216 g/mol. The largest absolute Gasteiger partial charge is 0.446 e. The lowest BCUT2D eigenvalue weighted by Gasteiger charge is -2.16. The third-order valence-electron chi connectivity index (χ3n) is 2.58. The molecule has 2 aromatic rings. The lowest BCUT2D eigenvalue weighted by molar-refractivity contribution is 0.538. The first-order chi connectivity index (χ1) is 7.70. The summed E-state index contributed by atoms with van der Waals surface area (Å²) < 4.78 is 5.58. The fourth-order valence-corrected chi connectivity index (χ4v) is 1.60. The van der Waals surface area contributed by atoms with E-state index in [1.807, 2.05) is 50.2 Å². The van der Waals surface area contributed by atoms with Crippen LogP contribution < -0.4 is 10.2 Å². The molecule has 0 saturated carbocycles. The molecule has 0 aliphatic heterocycles. The van der Waals surface area contributed by atoms with Gasteiger partial charge in [0.2, 0.25) is 0 Å². The van der Waals surface area contributed by atoms with Crippen molar-refractivity contribution in [3.63, 3.8) is 0 Å². The number of benzene rings is 1. The summed E-state index contributed by atoms with van der Waals surface area (Å²) >= 11 is 0. The molecule has 1 heterocycles. The average Bonchev–Trinajstić information content (AvgIpc) is 2.75. The van der Waals surface area contributed by atoms with Crippen molar-refractivity contribution in [3.8, 4) is 0 Å². The van der Waals surface area contributed by atoms with Gasteiger partial charge in [-0.05, 0) is 31.2 Å². The van der Waals surface area contributed by atoms with Crippen molar-refractivity contribution >= 4 is 17.3 Å². The maximum atomic E-state index is 5.58. The zero-order valence-electron chi connectivity index (χ0n) is 9.82. The Morgan fingerprint density at radius 2 is 2.00 bits per heavy atom. The van der Waals surface area contributed by atoms with Crippen molar-refractivity contribution in [2.75, 3.05) is 24.3 Å². The third-order valence-corrected chi connectivity index (χ3v) is 2.58. The Labute approximate surface area is 95.7 Å². The summed E-state index contributed by atoms with van der Waals surface area (Å²) in [6, 6.07) is 12.1. The van der Waals surface area contributed by atoms with Crippen LogP contribution in [-0.4, -0.2) is 14.1 Å². The Balaban J connectivity index is 2.29. The molecule has 1 N–H and O–H groups in total. The van der Waals surface area contributed by atoms with Crippen LogP contribution in [0.25, 0.3) is 0 Å². The summed E-state index contributed by atoms with van der Waals surface area (Å²) in [6.07, 6.45) is 0. The van der Waals surface area contributed by atoms with Gasteiger partial charge in [0.1, 0.15) is 5.76 Å². The lowest BCUT2D eigenvalue weighted by atomic mass is 10.2. The number of aryl methyl sites for hydroxylation is 1. The molecule has 0 bridgehead atoms. The normalized spacial score (nSPS) is 10.2. The summed E-state index contributed by atoms with van der Waals surface area (Å²) in [6.45, 7) is 1.95. The molecule has 0 spiro atoms. The number of rotatable bonds is 3. The molecule has 0 aliphatic rings. The summed E-state index contributed by atoms with van der Waals surface area (Å²) in [5, 5.41) is 3.12. The molecule has 3 heteroatoms. The highest BCUT2D eigenvalue weighted by Gasteiger charge is 2.07. The van der Waals surface area contributed by atoms with E-state index in [-0.39, 0.29) is 0 Å². The van der Waals surface area contributed by atoms with Crippen LogP contribution >= 0.6 is 0 Å². The van der Waals surface area contributed by atoms with E-state index in [0.29, 0.717) is 0 Å². The highest BCUT2D eigenvalue weighted by Crippen LogP contribution is 2.26. The fraction of sp³-hybridized carbons (Fsp3) is 0.231. The number of hydrogen-bond acceptors (Lipinski definition) is 3. The van der Waals surface area contributed by atoms with Crippen molar-refractivity contribution in [3.05, 3.63) is 42.2 Å². The van der Waals surface area contributed by atoms with Gasteiger partial charge in [0.15, 0.2) is 5.88 Å². The summed E-state index contributed by atoms with van der Waals surface area (Å²) in [5.41, 5.74) is 2.19. The fourth-order valence-electron chi connectivity index (χ4n) is 1.60. The van der Waals surface area contributed by atoms with Gasteiger partial charge in [0.25, 0.3) is 0 Å². The van der Waals surface area contributed by atoms with Gasteiger partial charge in [-0.1, -0.05) is 6.07 Å². The molecule has 1 aromatic heterocycles. The van der Waals surface area contributed by atoms with Crippen molar-refractivity contribution in [2.45, 2.75) is 6.92 Å². The van der Waals surface area contributed by atoms with Gasteiger partial charge >= 0.3 is 0 Å². The Morgan fingerprint density at radius 1 is 1.19 bits per heavy atom. The van der Waals surface area contributed by atoms with E-state index in [0.717, 1.165) is 23.0 Å². The predicted octanol–water partition coefficient (Wildman–Crippen LogP) is 3.40. The van der Waals surface area contributed by atoms with Crippen LogP contribution in [-0.2, 0) is 0 Å². The van der Waals surface area contributed by atoms with E-state index < -0.39 is 0 Å². The summed E-state index contributed by atoms with van der Waals surface area (Å²) in [7, 11) is 3.91. The maximum absolute atomic E-state index is 5.58. The van der Waals surface area contributed by atoms with Crippen LogP contribution in [0.4, 0.5) is 17.3 Å². The highest BCUT2D eigenvalue weighted by atomic mass is 16.4. The summed E-state index contributed by atoms with van der Waals surface area (Å²) in [4.78, 5) is 2.02. The van der Waals surface area contributed by atoms with Gasteiger partial charge < -0.3 is 14.6 Å². The van der Waals surface area contributed by atoms with Gasteiger partial charge in [-0.15, -0.1) is 0 Å². The minimum Gasteiger partial charge on any atom is -0.446 e. The Kier molecular flexibility index (Phi) is 2.86. The smallest absolute Gasteiger partial charge is 0.199 e. The molecule has 0 radical (unpaired) electrons. The molecular weight excluding hydrogens is 200 g/mol. The van der Waals surface area contributed by atoms with E-state index in [2.05, 4.69) is 17.4 Å². The summed E-state index contributed by atoms with van der Waals surface area (Å²) in [5.74, 6) is 1.78. The molecule has 0 fully saturated rings. The number of nitrogens with zero attached hydrogens (tertiary/aromatic N) is 1. The van der Waals surface area contributed by atoms with E-state index in [4.69, 9.17) is 4.42 Å². The molecule has 2 rings (SSSR count). The topological polar surface area (TPSA) is 28.4 Å². The monoisotopic (exact) mass is 216 g/mol. The minimum absolute atomic E-state index is 0.853. The van der Waals surface area contributed by atoms with Crippen molar-refractivity contribution in [1.29, 1.82) is 0 Å². The number of anilines is 3. The van der Waals surface area contributed by atoms with Crippen LogP contribution in [0.3, 0.4) is 0 Å². The zero-order chi connectivity index (χ0) is 11.5. The van der Waals surface area contributed by atoms with Crippen LogP contribution in [0.15, 0.2) is 40.8 Å². The SMILES string of the molecule is CNc1cccc(N(C)c2ccc(C)o2)c1. The van der Waals surface area contributed by atoms with Crippen molar-refractivity contribution in [1.82, 2.24) is 0 Å². The number of hydrogen-bond donors (Lipinski definition) is 1. The molecule has 0 saturated heterocycles. The maximum Gasteiger partial charge on any atom is 0.199 e. The standard InChI is InChI=1S/C13H16N2O/c1-10-7-8-13(16-10)15(3)12-6-4-5-11(9-12)14-2/h4-9,14H,1-3H3. The molecule has 1 aromatic carbocycles. The first-order valence-electron chi connectivity index (χ1n) is 5.28. The van der Waals surface area contributed by atoms with Gasteiger partial charge in [-0.25, -0.2) is 0 Å². The number of furan rings is 1. The van der Waals surface area contributed by atoms with E-state index in [1.165, 1.54) is 0 Å². The van der Waals surface area contributed by atoms with Gasteiger partial charge in [-0.2, -0.15) is 0 Å². The molecule has 0 atom stereocenters. The molecule has 0 unspecified atom stereocenters. The van der Waals surface area contributed by atoms with Gasteiger partial charge in [-0.3, -0.25) is 0 Å². The molecule has 84 valence electrons. The molecular formula is C13H16N2O. The van der Waals surface area contributed by atoms with Crippen LogP contribution in [0, 0.1) is 6.92 Å². The Hall–Kier alpha value is -1.90. The minimum atomic E-state index is 0.853. The van der Waals surface area contributed by atoms with E-state index >= 15 is 0 Å². The van der Waals surface area contributed by atoms with Gasteiger partial charge in [0, 0.05) is 31.5 Å². The van der Waals surface area contributed by atoms with Crippen LogP contribution in [0.1, 0.15) is 5.76 Å². The first kappa shape index (κ1) is 10.6. The quantitative estimate of drug-likeness (QED) is 0.852. The van der Waals surface area contributed by atoms with Crippen molar-refractivity contribution in [2.24, 2.45) is 0 Å². The van der Waals surface area contributed by atoms with Gasteiger partial charge in [0.05, 0.1) is 0 Å². The lowest BCUT2D eigenvalue weighted by Crippen LogP contribution is -2.08. The third kappa shape index (κ3) is 2.03. The number of nitrogens with one attached hydrogen (secondary N) is 1. The Bertz CT molecular complexity index is 476. The van der Waals surface area contributed by atoms with E-state index in [1.54, 1.807) is 0 Å². The molecule has 0 amide bonds. The first-order valence-corrected chi connectivity index (χ1v) is 5.28. The van der Waals surface area contributed by atoms with Crippen LogP contribution in [0.2, 0.25) is 0 Å². The second kappa shape index (κ2) is 4.31.